The Bertz CT molecular complexity index is 385. The van der Waals surface area contributed by atoms with Crippen LogP contribution >= 0.6 is 0 Å². The molecule has 2 aliphatic rings. The molecule has 1 aromatic heterocycles. The Kier molecular flexibility index (Phi) is 3.20. The summed E-state index contributed by atoms with van der Waals surface area (Å²) in [6.45, 7) is 2.74. The smallest absolute Gasteiger partial charge is 0.225 e. The highest BCUT2D eigenvalue weighted by atomic mass is 15.2. The highest BCUT2D eigenvalue weighted by Crippen LogP contribution is 2.46. The van der Waals surface area contributed by atoms with Gasteiger partial charge in [-0.15, -0.1) is 0 Å². The fourth-order valence-corrected chi connectivity index (χ4v) is 3.42. The van der Waals surface area contributed by atoms with E-state index in [0.717, 1.165) is 24.6 Å². The van der Waals surface area contributed by atoms with Gasteiger partial charge in [0.15, 0.2) is 0 Å². The maximum Gasteiger partial charge on any atom is 0.225 e. The second kappa shape index (κ2) is 4.84. The third kappa shape index (κ3) is 2.21. The number of rotatable bonds is 2. The topological polar surface area (TPSA) is 55.0 Å². The van der Waals surface area contributed by atoms with Crippen LogP contribution in [0.3, 0.4) is 0 Å². The lowest BCUT2D eigenvalue weighted by Gasteiger charge is -2.39. The first-order chi connectivity index (χ1) is 8.81. The van der Waals surface area contributed by atoms with Crippen molar-refractivity contribution in [1.82, 2.24) is 9.97 Å². The van der Waals surface area contributed by atoms with Crippen LogP contribution in [0.15, 0.2) is 12.4 Å². The normalized spacial score (nSPS) is 22.6. The van der Waals surface area contributed by atoms with Gasteiger partial charge in [0.25, 0.3) is 0 Å². The van der Waals surface area contributed by atoms with Crippen molar-refractivity contribution in [1.29, 1.82) is 0 Å². The molecule has 0 amide bonds. The Morgan fingerprint density at radius 3 is 2.22 bits per heavy atom. The van der Waals surface area contributed by atoms with E-state index in [9.17, 15) is 0 Å². The number of anilines is 1. The standard InChI is InChI=1S/C14H22N4/c15-9-12-10-16-13(17-11-12)18-7-5-14(6-8-18)3-1-2-4-14/h10-11H,1-9,15H2. The van der Waals surface area contributed by atoms with Crippen molar-refractivity contribution in [3.05, 3.63) is 18.0 Å². The molecule has 1 saturated carbocycles. The minimum atomic E-state index is 0.517. The van der Waals surface area contributed by atoms with Gasteiger partial charge in [0.05, 0.1) is 0 Å². The van der Waals surface area contributed by atoms with Crippen molar-refractivity contribution in [2.75, 3.05) is 18.0 Å². The average Bonchev–Trinajstić information content (AvgIpc) is 2.88. The molecule has 0 atom stereocenters. The van der Waals surface area contributed by atoms with Crippen molar-refractivity contribution in [3.8, 4) is 0 Å². The summed E-state index contributed by atoms with van der Waals surface area (Å²) in [6.07, 6.45) is 12.1. The van der Waals surface area contributed by atoms with Gasteiger partial charge in [0, 0.05) is 37.6 Å². The summed E-state index contributed by atoms with van der Waals surface area (Å²) in [6, 6.07) is 0. The van der Waals surface area contributed by atoms with Crippen LogP contribution in [0.1, 0.15) is 44.1 Å². The molecule has 0 unspecified atom stereocenters. The van der Waals surface area contributed by atoms with Gasteiger partial charge >= 0.3 is 0 Å². The maximum atomic E-state index is 5.56. The van der Waals surface area contributed by atoms with E-state index in [0.29, 0.717) is 12.0 Å². The molecule has 2 fully saturated rings. The minimum absolute atomic E-state index is 0.517. The Hall–Kier alpha value is -1.16. The summed E-state index contributed by atoms with van der Waals surface area (Å²) in [7, 11) is 0. The molecule has 3 rings (SSSR count). The SMILES string of the molecule is NCc1cnc(N2CCC3(CCCC3)CC2)nc1. The largest absolute Gasteiger partial charge is 0.341 e. The molecule has 4 nitrogen and oxygen atoms in total. The molecule has 18 heavy (non-hydrogen) atoms. The second-order valence-corrected chi connectivity index (χ2v) is 5.79. The van der Waals surface area contributed by atoms with Crippen molar-refractivity contribution < 1.29 is 0 Å². The van der Waals surface area contributed by atoms with Gasteiger partial charge in [-0.1, -0.05) is 12.8 Å². The van der Waals surface area contributed by atoms with Crippen LogP contribution in [0.25, 0.3) is 0 Å². The van der Waals surface area contributed by atoms with Crippen LogP contribution in [0.2, 0.25) is 0 Å². The van der Waals surface area contributed by atoms with Crippen LogP contribution in [-0.4, -0.2) is 23.1 Å². The molecule has 1 saturated heterocycles. The second-order valence-electron chi connectivity index (χ2n) is 5.79. The van der Waals surface area contributed by atoms with E-state index in [-0.39, 0.29) is 0 Å². The van der Waals surface area contributed by atoms with Gasteiger partial charge in [-0.05, 0) is 31.1 Å². The van der Waals surface area contributed by atoms with E-state index in [1.54, 1.807) is 0 Å². The summed E-state index contributed by atoms with van der Waals surface area (Å²) >= 11 is 0. The zero-order chi connectivity index (χ0) is 12.4. The predicted molar refractivity (Wildman–Crippen MR) is 72.3 cm³/mol. The molecule has 1 spiro atoms. The molecule has 2 N–H and O–H groups in total. The number of hydrogen-bond acceptors (Lipinski definition) is 4. The Morgan fingerprint density at radius 1 is 1.06 bits per heavy atom. The van der Waals surface area contributed by atoms with Crippen molar-refractivity contribution in [2.45, 2.75) is 45.1 Å². The van der Waals surface area contributed by atoms with Crippen molar-refractivity contribution in [3.63, 3.8) is 0 Å². The van der Waals surface area contributed by atoms with Crippen LogP contribution in [0, 0.1) is 5.41 Å². The summed E-state index contributed by atoms with van der Waals surface area (Å²) in [5.74, 6) is 0.875. The highest BCUT2D eigenvalue weighted by Gasteiger charge is 2.37. The van der Waals surface area contributed by atoms with Crippen molar-refractivity contribution >= 4 is 5.95 Å². The molecular formula is C14H22N4. The Labute approximate surface area is 109 Å². The quantitative estimate of drug-likeness (QED) is 0.868. The molecule has 98 valence electrons. The van der Waals surface area contributed by atoms with E-state index >= 15 is 0 Å². The zero-order valence-corrected chi connectivity index (χ0v) is 10.9. The van der Waals surface area contributed by atoms with Crippen LogP contribution in [-0.2, 0) is 6.54 Å². The Morgan fingerprint density at radius 2 is 1.67 bits per heavy atom. The number of piperidine rings is 1. The lowest BCUT2D eigenvalue weighted by atomic mass is 9.77. The molecular weight excluding hydrogens is 224 g/mol. The molecule has 0 radical (unpaired) electrons. The van der Waals surface area contributed by atoms with Crippen LogP contribution < -0.4 is 10.6 Å². The first-order valence-electron chi connectivity index (χ1n) is 7.07. The first-order valence-corrected chi connectivity index (χ1v) is 7.07. The molecule has 1 aliphatic heterocycles. The van der Waals surface area contributed by atoms with E-state index in [2.05, 4.69) is 14.9 Å². The van der Waals surface area contributed by atoms with Gasteiger partial charge in [-0.25, -0.2) is 9.97 Å². The monoisotopic (exact) mass is 246 g/mol. The fourth-order valence-electron chi connectivity index (χ4n) is 3.42. The molecule has 0 aromatic carbocycles. The highest BCUT2D eigenvalue weighted by molar-refractivity contribution is 5.31. The lowest BCUT2D eigenvalue weighted by Crippen LogP contribution is -2.39. The summed E-state index contributed by atoms with van der Waals surface area (Å²) in [5, 5.41) is 0. The van der Waals surface area contributed by atoms with Crippen molar-refractivity contribution in [2.24, 2.45) is 11.1 Å². The fraction of sp³-hybridized carbons (Fsp3) is 0.714. The molecule has 2 heterocycles. The number of nitrogens with two attached hydrogens (primary N) is 1. The van der Waals surface area contributed by atoms with E-state index in [4.69, 9.17) is 5.73 Å². The van der Waals surface area contributed by atoms with Gasteiger partial charge in [-0.3, -0.25) is 0 Å². The Balaban J connectivity index is 1.64. The first kappa shape index (κ1) is 11.9. The van der Waals surface area contributed by atoms with E-state index in [1.807, 2.05) is 12.4 Å². The molecule has 1 aromatic rings. The third-order valence-corrected chi connectivity index (χ3v) is 4.70. The van der Waals surface area contributed by atoms with Crippen LogP contribution in [0.4, 0.5) is 5.95 Å². The average molecular weight is 246 g/mol. The van der Waals surface area contributed by atoms with Gasteiger partial charge in [0.1, 0.15) is 0 Å². The van der Waals surface area contributed by atoms with Crippen LogP contribution in [0.5, 0.6) is 0 Å². The summed E-state index contributed by atoms with van der Waals surface area (Å²) in [5.41, 5.74) is 7.23. The number of nitrogens with zero attached hydrogens (tertiary/aromatic N) is 3. The van der Waals surface area contributed by atoms with Gasteiger partial charge in [0.2, 0.25) is 5.95 Å². The summed E-state index contributed by atoms with van der Waals surface area (Å²) in [4.78, 5) is 11.2. The molecule has 0 bridgehead atoms. The number of aromatic nitrogens is 2. The van der Waals surface area contributed by atoms with E-state index < -0.39 is 0 Å². The maximum absolute atomic E-state index is 5.56. The third-order valence-electron chi connectivity index (χ3n) is 4.70. The number of hydrogen-bond donors (Lipinski definition) is 1. The summed E-state index contributed by atoms with van der Waals surface area (Å²) < 4.78 is 0. The predicted octanol–water partition coefficient (Wildman–Crippen LogP) is 2.10. The minimum Gasteiger partial charge on any atom is -0.341 e. The lowest BCUT2D eigenvalue weighted by molar-refractivity contribution is 0.225. The molecule has 1 aliphatic carbocycles. The zero-order valence-electron chi connectivity index (χ0n) is 10.9. The molecule has 4 heteroatoms. The van der Waals surface area contributed by atoms with E-state index in [1.165, 1.54) is 38.5 Å². The van der Waals surface area contributed by atoms with Gasteiger partial charge in [-0.2, -0.15) is 0 Å². The van der Waals surface area contributed by atoms with Gasteiger partial charge < -0.3 is 10.6 Å².